The third-order valence-electron chi connectivity index (χ3n) is 5.02. The average Bonchev–Trinajstić information content (AvgIpc) is 3.23. The van der Waals surface area contributed by atoms with Crippen molar-refractivity contribution in [1.29, 1.82) is 0 Å². The Hall–Kier alpha value is -3.32. The largest absolute Gasteiger partial charge is 0.497 e. The van der Waals surface area contributed by atoms with Crippen LogP contribution >= 0.6 is 11.6 Å². The number of halogens is 1. The Morgan fingerprint density at radius 2 is 2.03 bits per heavy atom. The molecular formula is C22H21ClN4O3. The maximum absolute atomic E-state index is 12.6. The number of carbonyl (C=O) groups is 2. The summed E-state index contributed by atoms with van der Waals surface area (Å²) in [6.45, 7) is 2.01. The fourth-order valence-electron chi connectivity index (χ4n) is 3.58. The van der Waals surface area contributed by atoms with Gasteiger partial charge in [0, 0.05) is 16.3 Å². The van der Waals surface area contributed by atoms with E-state index in [2.05, 4.69) is 15.7 Å². The van der Waals surface area contributed by atoms with Gasteiger partial charge in [-0.25, -0.2) is 4.68 Å². The van der Waals surface area contributed by atoms with Gasteiger partial charge in [0.2, 0.25) is 5.91 Å². The minimum atomic E-state index is -0.712. The zero-order valence-corrected chi connectivity index (χ0v) is 17.4. The summed E-state index contributed by atoms with van der Waals surface area (Å²) < 4.78 is 6.85. The van der Waals surface area contributed by atoms with E-state index in [9.17, 15) is 9.59 Å². The number of benzene rings is 2. The standard InChI is InChI=1S/C22H21ClN4O3/c1-3-17-20(13-7-9-16(30-2)10-8-13)21-25-22(29)18(27(21)26-17)12-19(28)24-15-6-4-5-14(23)11-15/h4-11,18H,3,12H2,1-2H3,(H,24,28)(H,25,29). The van der Waals surface area contributed by atoms with Crippen molar-refractivity contribution >= 4 is 34.9 Å². The molecule has 3 aromatic rings. The van der Waals surface area contributed by atoms with Crippen LogP contribution in [0.4, 0.5) is 11.5 Å². The Morgan fingerprint density at radius 3 is 2.70 bits per heavy atom. The fraction of sp³-hybridized carbons (Fsp3) is 0.227. The van der Waals surface area contributed by atoms with Crippen LogP contribution in [0.25, 0.3) is 11.1 Å². The Labute approximate surface area is 179 Å². The normalized spacial score (nSPS) is 14.9. The van der Waals surface area contributed by atoms with E-state index in [1.54, 1.807) is 36.1 Å². The van der Waals surface area contributed by atoms with Crippen LogP contribution < -0.4 is 15.4 Å². The zero-order chi connectivity index (χ0) is 21.3. The Balaban J connectivity index is 1.60. The molecule has 1 aliphatic rings. The average molecular weight is 425 g/mol. The lowest BCUT2D eigenvalue weighted by Crippen LogP contribution is -2.23. The van der Waals surface area contributed by atoms with Gasteiger partial charge < -0.3 is 15.4 Å². The Morgan fingerprint density at radius 1 is 1.27 bits per heavy atom. The minimum Gasteiger partial charge on any atom is -0.497 e. The highest BCUT2D eigenvalue weighted by Gasteiger charge is 2.36. The monoisotopic (exact) mass is 424 g/mol. The van der Waals surface area contributed by atoms with Gasteiger partial charge in [-0.1, -0.05) is 36.7 Å². The highest BCUT2D eigenvalue weighted by Crippen LogP contribution is 2.39. The smallest absolute Gasteiger partial charge is 0.251 e. The third-order valence-corrected chi connectivity index (χ3v) is 5.26. The highest BCUT2D eigenvalue weighted by atomic mass is 35.5. The van der Waals surface area contributed by atoms with Crippen LogP contribution in [0, 0.1) is 0 Å². The molecule has 0 fully saturated rings. The lowest BCUT2D eigenvalue weighted by molar-refractivity contribution is -0.123. The number of rotatable bonds is 6. The molecule has 8 heteroatoms. The molecule has 1 unspecified atom stereocenters. The molecule has 0 saturated carbocycles. The molecular weight excluding hydrogens is 404 g/mol. The lowest BCUT2D eigenvalue weighted by Gasteiger charge is -2.10. The van der Waals surface area contributed by atoms with Crippen molar-refractivity contribution in [3.05, 3.63) is 59.2 Å². The van der Waals surface area contributed by atoms with Gasteiger partial charge in [0.05, 0.1) is 19.2 Å². The van der Waals surface area contributed by atoms with Crippen molar-refractivity contribution in [2.45, 2.75) is 25.8 Å². The van der Waals surface area contributed by atoms with E-state index in [1.165, 1.54) is 0 Å². The summed E-state index contributed by atoms with van der Waals surface area (Å²) in [5.41, 5.74) is 3.24. The zero-order valence-electron chi connectivity index (χ0n) is 16.6. The van der Waals surface area contributed by atoms with E-state index < -0.39 is 6.04 Å². The second kappa shape index (κ2) is 8.20. The number of hydrogen-bond acceptors (Lipinski definition) is 4. The molecule has 2 aromatic carbocycles. The fourth-order valence-corrected chi connectivity index (χ4v) is 3.77. The predicted octanol–water partition coefficient (Wildman–Crippen LogP) is 4.30. The number of nitrogens with one attached hydrogen (secondary N) is 2. The number of aromatic nitrogens is 2. The van der Waals surface area contributed by atoms with Gasteiger partial charge in [-0.3, -0.25) is 9.59 Å². The summed E-state index contributed by atoms with van der Waals surface area (Å²) in [7, 11) is 1.61. The number of anilines is 2. The quantitative estimate of drug-likeness (QED) is 0.618. The summed E-state index contributed by atoms with van der Waals surface area (Å²) in [5, 5.41) is 10.8. The number of aryl methyl sites for hydroxylation is 1. The minimum absolute atomic E-state index is 0.0295. The maximum atomic E-state index is 12.6. The molecule has 2 heterocycles. The van der Waals surface area contributed by atoms with E-state index in [0.29, 0.717) is 22.9 Å². The van der Waals surface area contributed by atoms with Gasteiger partial charge in [-0.15, -0.1) is 0 Å². The lowest BCUT2D eigenvalue weighted by atomic mass is 10.0. The first-order chi connectivity index (χ1) is 14.5. The molecule has 0 saturated heterocycles. The van der Waals surface area contributed by atoms with Gasteiger partial charge >= 0.3 is 0 Å². The molecule has 4 rings (SSSR count). The highest BCUT2D eigenvalue weighted by molar-refractivity contribution is 6.30. The first kappa shape index (κ1) is 20.0. The maximum Gasteiger partial charge on any atom is 0.251 e. The summed E-state index contributed by atoms with van der Waals surface area (Å²) in [4.78, 5) is 25.2. The molecule has 154 valence electrons. The van der Waals surface area contributed by atoms with Crippen molar-refractivity contribution in [3.63, 3.8) is 0 Å². The van der Waals surface area contributed by atoms with Crippen molar-refractivity contribution in [3.8, 4) is 16.9 Å². The van der Waals surface area contributed by atoms with Crippen molar-refractivity contribution in [2.75, 3.05) is 17.7 Å². The Kier molecular flexibility index (Phi) is 5.46. The van der Waals surface area contributed by atoms with Crippen LogP contribution in [0.5, 0.6) is 5.75 Å². The first-order valence-corrected chi connectivity index (χ1v) is 10.00. The molecule has 1 aliphatic heterocycles. The van der Waals surface area contributed by atoms with Gasteiger partial charge in [0.15, 0.2) is 0 Å². The molecule has 0 spiro atoms. The molecule has 0 bridgehead atoms. The topological polar surface area (TPSA) is 85.2 Å². The number of nitrogens with zero attached hydrogens (tertiary/aromatic N) is 2. The van der Waals surface area contributed by atoms with Crippen LogP contribution in [0.1, 0.15) is 25.1 Å². The molecule has 1 atom stereocenters. The second-order valence-corrected chi connectivity index (χ2v) is 7.40. The van der Waals surface area contributed by atoms with Crippen LogP contribution in [0.2, 0.25) is 5.02 Å². The van der Waals surface area contributed by atoms with E-state index in [4.69, 9.17) is 16.3 Å². The van der Waals surface area contributed by atoms with Crippen LogP contribution in [-0.2, 0) is 16.0 Å². The van der Waals surface area contributed by atoms with Crippen LogP contribution in [-0.4, -0.2) is 28.7 Å². The number of fused-ring (bicyclic) bond motifs is 1. The number of carbonyl (C=O) groups excluding carboxylic acids is 2. The summed E-state index contributed by atoms with van der Waals surface area (Å²) in [5.74, 6) is 0.823. The molecule has 2 N–H and O–H groups in total. The van der Waals surface area contributed by atoms with Crippen molar-refractivity contribution in [2.24, 2.45) is 0 Å². The van der Waals surface area contributed by atoms with E-state index in [0.717, 1.165) is 22.6 Å². The van der Waals surface area contributed by atoms with Crippen LogP contribution in [0.15, 0.2) is 48.5 Å². The van der Waals surface area contributed by atoms with Gasteiger partial charge in [0.1, 0.15) is 17.6 Å². The molecule has 0 radical (unpaired) electrons. The number of hydrogen-bond donors (Lipinski definition) is 2. The summed E-state index contributed by atoms with van der Waals surface area (Å²) >= 11 is 5.96. The van der Waals surface area contributed by atoms with Gasteiger partial charge in [0.25, 0.3) is 5.91 Å². The van der Waals surface area contributed by atoms with E-state index in [1.807, 2.05) is 31.2 Å². The predicted molar refractivity (Wildman–Crippen MR) is 116 cm³/mol. The number of ether oxygens (including phenoxy) is 1. The summed E-state index contributed by atoms with van der Waals surface area (Å²) in [6, 6.07) is 13.8. The van der Waals surface area contributed by atoms with E-state index in [-0.39, 0.29) is 18.2 Å². The first-order valence-electron chi connectivity index (χ1n) is 9.62. The van der Waals surface area contributed by atoms with Crippen LogP contribution in [0.3, 0.4) is 0 Å². The molecule has 7 nitrogen and oxygen atoms in total. The van der Waals surface area contributed by atoms with Crippen molar-refractivity contribution < 1.29 is 14.3 Å². The third kappa shape index (κ3) is 3.76. The summed E-state index contributed by atoms with van der Waals surface area (Å²) in [6.07, 6.45) is 0.664. The van der Waals surface area contributed by atoms with E-state index >= 15 is 0 Å². The molecule has 30 heavy (non-hydrogen) atoms. The Bertz CT molecular complexity index is 1110. The SMILES string of the molecule is CCc1nn2c(c1-c1ccc(OC)cc1)NC(=O)C2CC(=O)Nc1cccc(Cl)c1. The van der Waals surface area contributed by atoms with Crippen molar-refractivity contribution in [1.82, 2.24) is 9.78 Å². The second-order valence-electron chi connectivity index (χ2n) is 6.96. The molecule has 2 amide bonds. The number of amides is 2. The number of methoxy groups -OCH3 is 1. The molecule has 1 aromatic heterocycles. The van der Waals surface area contributed by atoms with Gasteiger partial charge in [-0.05, 0) is 42.3 Å². The molecule has 0 aliphatic carbocycles. The van der Waals surface area contributed by atoms with Gasteiger partial charge in [-0.2, -0.15) is 5.10 Å².